The Hall–Kier alpha value is -2.47. The van der Waals surface area contributed by atoms with Gasteiger partial charge in [-0.15, -0.1) is 0 Å². The topological polar surface area (TPSA) is 52.6 Å². The van der Waals surface area contributed by atoms with Crippen molar-refractivity contribution >= 4 is 23.4 Å². The minimum atomic E-state index is -0.869. The van der Waals surface area contributed by atoms with E-state index in [0.717, 1.165) is 23.8 Å². The second kappa shape index (κ2) is 7.19. The largest absolute Gasteiger partial charge is 0.492 e. The zero-order valence-electron chi connectivity index (χ0n) is 12.9. The summed E-state index contributed by atoms with van der Waals surface area (Å²) in [4.78, 5) is 24.0. The van der Waals surface area contributed by atoms with Gasteiger partial charge < -0.3 is 9.47 Å². The molecular weight excluding hydrogens is 354 g/mol. The smallest absolute Gasteiger partial charge is 0.313 e. The summed E-state index contributed by atoms with van der Waals surface area (Å²) >= 11 is 5.92. The van der Waals surface area contributed by atoms with Crippen LogP contribution in [0.2, 0.25) is 5.02 Å². The number of carbonyl (C=O) groups excluding carboxylic acids is 2. The van der Waals surface area contributed by atoms with Gasteiger partial charge in [0.2, 0.25) is 5.78 Å². The summed E-state index contributed by atoms with van der Waals surface area (Å²) in [6, 6.07) is 7.62. The van der Waals surface area contributed by atoms with Crippen LogP contribution in [-0.4, -0.2) is 25.0 Å². The van der Waals surface area contributed by atoms with Gasteiger partial charge in [0.05, 0.1) is 11.5 Å². The van der Waals surface area contributed by atoms with Gasteiger partial charge >= 0.3 is 5.97 Å². The molecule has 1 aliphatic heterocycles. The molecule has 0 aromatic heterocycles. The third-order valence-electron chi connectivity index (χ3n) is 3.84. The fourth-order valence-corrected chi connectivity index (χ4v) is 2.75. The Bertz CT molecular complexity index is 838. The van der Waals surface area contributed by atoms with E-state index in [1.807, 2.05) is 0 Å². The van der Waals surface area contributed by atoms with E-state index in [0.29, 0.717) is 17.2 Å². The third kappa shape index (κ3) is 3.96. The molecule has 0 N–H and O–H groups in total. The SMILES string of the molecule is O=C(COC(=O)[C@@H]1COc2ccc(Cl)cc2C1)c1cc(F)ccc1F. The molecule has 0 amide bonds. The zero-order valence-corrected chi connectivity index (χ0v) is 13.7. The predicted molar refractivity (Wildman–Crippen MR) is 85.8 cm³/mol. The van der Waals surface area contributed by atoms with Crippen LogP contribution in [0.5, 0.6) is 5.75 Å². The van der Waals surface area contributed by atoms with E-state index in [4.69, 9.17) is 21.1 Å². The number of ketones is 1. The van der Waals surface area contributed by atoms with Gasteiger partial charge in [-0.2, -0.15) is 0 Å². The minimum Gasteiger partial charge on any atom is -0.492 e. The fourth-order valence-electron chi connectivity index (χ4n) is 2.56. The first-order chi connectivity index (χ1) is 11.9. The standard InChI is InChI=1S/C18H13ClF2O4/c19-12-1-4-17-10(6-12)5-11(8-24-17)18(23)25-9-16(22)14-7-13(20)2-3-15(14)21/h1-4,6-7,11H,5,8-9H2/t11-/m0/s1. The molecule has 0 saturated heterocycles. The summed E-state index contributed by atoms with van der Waals surface area (Å²) in [6.07, 6.45) is 0.358. The molecule has 0 saturated carbocycles. The van der Waals surface area contributed by atoms with Crippen molar-refractivity contribution in [2.24, 2.45) is 5.92 Å². The number of fused-ring (bicyclic) bond motifs is 1. The molecule has 0 aliphatic carbocycles. The highest BCUT2D eigenvalue weighted by atomic mass is 35.5. The van der Waals surface area contributed by atoms with Crippen LogP contribution in [0, 0.1) is 17.6 Å². The molecule has 1 heterocycles. The molecule has 3 rings (SSSR count). The molecule has 0 fully saturated rings. The van der Waals surface area contributed by atoms with E-state index in [2.05, 4.69) is 0 Å². The number of Topliss-reactive ketones (excluding diaryl/α,β-unsaturated/α-hetero) is 1. The summed E-state index contributed by atoms with van der Waals surface area (Å²) in [7, 11) is 0. The molecule has 0 bridgehead atoms. The molecule has 4 nitrogen and oxygen atoms in total. The van der Waals surface area contributed by atoms with Crippen molar-refractivity contribution in [3.63, 3.8) is 0 Å². The molecule has 1 atom stereocenters. The van der Waals surface area contributed by atoms with E-state index >= 15 is 0 Å². The Morgan fingerprint density at radius 2 is 2.00 bits per heavy atom. The molecule has 1 aliphatic rings. The number of hydrogen-bond donors (Lipinski definition) is 0. The van der Waals surface area contributed by atoms with Crippen LogP contribution in [0.1, 0.15) is 15.9 Å². The molecule has 0 unspecified atom stereocenters. The normalized spacial score (nSPS) is 15.9. The molecule has 0 radical (unpaired) electrons. The number of ether oxygens (including phenoxy) is 2. The summed E-state index contributed by atoms with van der Waals surface area (Å²) < 4.78 is 37.1. The van der Waals surface area contributed by atoms with Crippen LogP contribution in [0.3, 0.4) is 0 Å². The van der Waals surface area contributed by atoms with Crippen LogP contribution in [0.15, 0.2) is 36.4 Å². The van der Waals surface area contributed by atoms with E-state index in [-0.39, 0.29) is 6.61 Å². The van der Waals surface area contributed by atoms with Gasteiger partial charge in [-0.3, -0.25) is 9.59 Å². The van der Waals surface area contributed by atoms with Crippen LogP contribution in [0.25, 0.3) is 0 Å². The highest BCUT2D eigenvalue weighted by molar-refractivity contribution is 6.30. The maximum Gasteiger partial charge on any atom is 0.313 e. The molecule has 0 spiro atoms. The predicted octanol–water partition coefficient (Wildman–Crippen LogP) is 3.60. The summed E-state index contributed by atoms with van der Waals surface area (Å²) in [5.41, 5.74) is 0.313. The lowest BCUT2D eigenvalue weighted by Gasteiger charge is -2.24. The quantitative estimate of drug-likeness (QED) is 0.613. The minimum absolute atomic E-state index is 0.107. The van der Waals surface area contributed by atoms with Crippen molar-refractivity contribution in [1.82, 2.24) is 0 Å². The van der Waals surface area contributed by atoms with Crippen LogP contribution >= 0.6 is 11.6 Å². The second-order valence-electron chi connectivity index (χ2n) is 5.62. The van der Waals surface area contributed by atoms with Gasteiger partial charge in [0.1, 0.15) is 24.0 Å². The van der Waals surface area contributed by atoms with Crippen LogP contribution in [-0.2, 0) is 16.0 Å². The summed E-state index contributed by atoms with van der Waals surface area (Å²) in [5, 5.41) is 0.521. The average Bonchev–Trinajstić information content (AvgIpc) is 2.60. The highest BCUT2D eigenvalue weighted by Crippen LogP contribution is 2.30. The molecule has 2 aromatic rings. The Morgan fingerprint density at radius 3 is 2.80 bits per heavy atom. The number of halogens is 3. The van der Waals surface area contributed by atoms with Gasteiger partial charge in [-0.25, -0.2) is 8.78 Å². The molecule has 2 aromatic carbocycles. The lowest BCUT2D eigenvalue weighted by atomic mass is 9.97. The van der Waals surface area contributed by atoms with Crippen molar-refractivity contribution in [2.75, 3.05) is 13.2 Å². The van der Waals surface area contributed by atoms with E-state index < -0.39 is 41.5 Å². The van der Waals surface area contributed by atoms with Crippen molar-refractivity contribution in [1.29, 1.82) is 0 Å². The van der Waals surface area contributed by atoms with E-state index in [1.54, 1.807) is 18.2 Å². The van der Waals surface area contributed by atoms with Gasteiger partial charge in [0.25, 0.3) is 0 Å². The zero-order chi connectivity index (χ0) is 18.0. The van der Waals surface area contributed by atoms with E-state index in [9.17, 15) is 18.4 Å². The van der Waals surface area contributed by atoms with Gasteiger partial charge in [-0.1, -0.05) is 11.6 Å². The Morgan fingerprint density at radius 1 is 1.20 bits per heavy atom. The van der Waals surface area contributed by atoms with Crippen molar-refractivity contribution in [2.45, 2.75) is 6.42 Å². The maximum atomic E-state index is 13.5. The Balaban J connectivity index is 1.61. The number of rotatable bonds is 4. The molecular formula is C18H13ClF2O4. The van der Waals surface area contributed by atoms with Crippen LogP contribution < -0.4 is 4.74 Å². The average molecular weight is 367 g/mol. The van der Waals surface area contributed by atoms with Gasteiger partial charge in [0.15, 0.2) is 6.61 Å². The fraction of sp³-hybridized carbons (Fsp3) is 0.222. The van der Waals surface area contributed by atoms with Crippen molar-refractivity contribution in [3.8, 4) is 5.75 Å². The summed E-state index contributed by atoms with van der Waals surface area (Å²) in [5.74, 6) is -3.03. The first-order valence-corrected chi connectivity index (χ1v) is 7.88. The first-order valence-electron chi connectivity index (χ1n) is 7.50. The summed E-state index contributed by atoms with van der Waals surface area (Å²) in [6.45, 7) is -0.561. The number of benzene rings is 2. The molecule has 25 heavy (non-hydrogen) atoms. The third-order valence-corrected chi connectivity index (χ3v) is 4.07. The van der Waals surface area contributed by atoms with Gasteiger partial charge in [0, 0.05) is 5.02 Å². The second-order valence-corrected chi connectivity index (χ2v) is 6.06. The van der Waals surface area contributed by atoms with Gasteiger partial charge in [-0.05, 0) is 48.4 Å². The number of esters is 1. The Labute approximate surface area is 147 Å². The number of hydrogen-bond acceptors (Lipinski definition) is 4. The lowest BCUT2D eigenvalue weighted by molar-refractivity contribution is -0.148. The maximum absolute atomic E-state index is 13.5. The van der Waals surface area contributed by atoms with Crippen molar-refractivity contribution < 1.29 is 27.8 Å². The van der Waals surface area contributed by atoms with Crippen molar-refractivity contribution in [3.05, 3.63) is 64.2 Å². The molecule has 130 valence electrons. The number of carbonyl (C=O) groups is 2. The molecule has 7 heteroatoms. The van der Waals surface area contributed by atoms with Crippen LogP contribution in [0.4, 0.5) is 8.78 Å². The Kier molecular flexibility index (Phi) is 4.99. The monoisotopic (exact) mass is 366 g/mol. The lowest BCUT2D eigenvalue weighted by Crippen LogP contribution is -2.31. The first kappa shape index (κ1) is 17.4. The van der Waals surface area contributed by atoms with E-state index in [1.165, 1.54) is 0 Å². The highest BCUT2D eigenvalue weighted by Gasteiger charge is 2.28.